The van der Waals surface area contributed by atoms with E-state index in [1.165, 1.54) is 0 Å². The molecular weight excluding hydrogens is 390 g/mol. The summed E-state index contributed by atoms with van der Waals surface area (Å²) >= 11 is 0. The van der Waals surface area contributed by atoms with Crippen LogP contribution in [-0.4, -0.2) is 37.5 Å². The van der Waals surface area contributed by atoms with E-state index in [1.807, 2.05) is 36.2 Å². The molecule has 0 spiro atoms. The number of fused-ring (bicyclic) bond motifs is 2. The molecule has 0 aliphatic carbocycles. The third-order valence-electron chi connectivity index (χ3n) is 4.52. The van der Waals surface area contributed by atoms with Gasteiger partial charge >= 0.3 is 0 Å². The van der Waals surface area contributed by atoms with E-state index in [1.54, 1.807) is 30.5 Å². The van der Waals surface area contributed by atoms with Gasteiger partial charge in [0, 0.05) is 42.2 Å². The highest BCUT2D eigenvalue weighted by atomic mass is 32.2. The molecule has 0 radical (unpaired) electrons. The third kappa shape index (κ3) is 4.04. The largest absolute Gasteiger partial charge is 0.328 e. The molecule has 8 nitrogen and oxygen atoms in total. The smallest absolute Gasteiger partial charge is 0.229 e. The van der Waals surface area contributed by atoms with Gasteiger partial charge in [0.25, 0.3) is 0 Å². The van der Waals surface area contributed by atoms with E-state index in [0.717, 1.165) is 17.5 Å². The maximum absolute atomic E-state index is 12.6. The Bertz CT molecular complexity index is 1190. The molecule has 0 saturated carbocycles. The van der Waals surface area contributed by atoms with E-state index in [0.29, 0.717) is 28.7 Å². The minimum Gasteiger partial charge on any atom is -0.328 e. The lowest BCUT2D eigenvalue weighted by atomic mass is 10.1. The van der Waals surface area contributed by atoms with Crippen molar-refractivity contribution in [2.45, 2.75) is 6.42 Å². The third-order valence-corrected chi connectivity index (χ3v) is 5.13. The monoisotopic (exact) mass is 409 g/mol. The highest BCUT2D eigenvalue weighted by Crippen LogP contribution is 2.33. The number of nitrogens with one attached hydrogen (secondary N) is 2. The molecule has 4 rings (SSSR count). The van der Waals surface area contributed by atoms with E-state index in [-0.39, 0.29) is 12.2 Å². The zero-order chi connectivity index (χ0) is 20.6. The summed E-state index contributed by atoms with van der Waals surface area (Å²) in [6, 6.07) is 14.2. The van der Waals surface area contributed by atoms with Crippen LogP contribution in [0, 0.1) is 0 Å². The fourth-order valence-corrected chi connectivity index (χ4v) is 3.79. The van der Waals surface area contributed by atoms with Crippen LogP contribution in [-0.2, 0) is 16.4 Å². The van der Waals surface area contributed by atoms with Crippen LogP contribution < -0.4 is 14.9 Å². The number of anilines is 5. The van der Waals surface area contributed by atoms with Crippen LogP contribution in [0.25, 0.3) is 0 Å². The van der Waals surface area contributed by atoms with Gasteiger partial charge < -0.3 is 10.2 Å². The lowest BCUT2D eigenvalue weighted by Crippen LogP contribution is -2.14. The van der Waals surface area contributed by atoms with Crippen molar-refractivity contribution in [3.8, 4) is 0 Å². The van der Waals surface area contributed by atoms with Crippen LogP contribution in [0.15, 0.2) is 54.7 Å². The van der Waals surface area contributed by atoms with Crippen molar-refractivity contribution in [3.63, 3.8) is 0 Å². The molecule has 0 atom stereocenters. The number of para-hydroxylation sites is 1. The Balaban J connectivity index is 1.62. The first-order chi connectivity index (χ1) is 13.8. The second-order valence-electron chi connectivity index (χ2n) is 6.80. The number of carbonyl (C=O) groups is 1. The van der Waals surface area contributed by atoms with Crippen LogP contribution in [0.3, 0.4) is 0 Å². The highest BCUT2D eigenvalue weighted by molar-refractivity contribution is 7.92. The molecule has 2 aromatic carbocycles. The van der Waals surface area contributed by atoms with E-state index >= 15 is 0 Å². The van der Waals surface area contributed by atoms with Gasteiger partial charge in [-0.3, -0.25) is 9.52 Å². The van der Waals surface area contributed by atoms with Crippen LogP contribution in [0.4, 0.5) is 28.8 Å². The molecule has 0 fully saturated rings. The molecule has 0 bridgehead atoms. The Morgan fingerprint density at radius 3 is 2.45 bits per heavy atom. The second kappa shape index (κ2) is 7.17. The molecule has 2 N–H and O–H groups in total. The van der Waals surface area contributed by atoms with E-state index < -0.39 is 10.0 Å². The average molecular weight is 409 g/mol. The van der Waals surface area contributed by atoms with Crippen molar-refractivity contribution in [1.82, 2.24) is 9.97 Å². The quantitative estimate of drug-likeness (QED) is 0.682. The van der Waals surface area contributed by atoms with Crippen molar-refractivity contribution < 1.29 is 13.2 Å². The van der Waals surface area contributed by atoms with Gasteiger partial charge in [0.05, 0.1) is 11.9 Å². The minimum atomic E-state index is -3.33. The van der Waals surface area contributed by atoms with Crippen molar-refractivity contribution in [1.29, 1.82) is 0 Å². The lowest BCUT2D eigenvalue weighted by Gasteiger charge is -2.20. The predicted molar refractivity (Wildman–Crippen MR) is 113 cm³/mol. The average Bonchev–Trinajstić information content (AvgIpc) is 2.78. The summed E-state index contributed by atoms with van der Waals surface area (Å²) in [6.07, 6.45) is 3.00. The van der Waals surface area contributed by atoms with Gasteiger partial charge in [0.15, 0.2) is 5.78 Å². The number of ketones is 1. The molecule has 3 aromatic rings. The summed E-state index contributed by atoms with van der Waals surface area (Å²) in [7, 11) is -1.45. The minimum absolute atomic E-state index is 0.0319. The van der Waals surface area contributed by atoms with Gasteiger partial charge in [-0.2, -0.15) is 4.98 Å². The fraction of sp³-hybridized carbons (Fsp3) is 0.150. The molecule has 148 valence electrons. The first-order valence-electron chi connectivity index (χ1n) is 8.87. The second-order valence-corrected chi connectivity index (χ2v) is 8.54. The van der Waals surface area contributed by atoms with Gasteiger partial charge in [-0.05, 0) is 36.4 Å². The zero-order valence-corrected chi connectivity index (χ0v) is 16.7. The maximum Gasteiger partial charge on any atom is 0.229 e. The van der Waals surface area contributed by atoms with Crippen LogP contribution >= 0.6 is 0 Å². The van der Waals surface area contributed by atoms with Gasteiger partial charge in [-0.15, -0.1) is 0 Å². The predicted octanol–water partition coefficient (Wildman–Crippen LogP) is 3.10. The normalized spacial score (nSPS) is 13.3. The number of sulfonamides is 1. The zero-order valence-electron chi connectivity index (χ0n) is 15.9. The summed E-state index contributed by atoms with van der Waals surface area (Å²) in [5.41, 5.74) is 3.40. The summed E-state index contributed by atoms with van der Waals surface area (Å²) < 4.78 is 25.0. The molecule has 2 heterocycles. The molecule has 1 aliphatic rings. The first kappa shape index (κ1) is 18.9. The first-order valence-corrected chi connectivity index (χ1v) is 10.8. The summed E-state index contributed by atoms with van der Waals surface area (Å²) in [5.74, 6) is 1.08. The molecule has 1 aromatic heterocycles. The molecule has 0 saturated heterocycles. The number of nitrogens with zero attached hydrogens (tertiary/aromatic N) is 3. The highest BCUT2D eigenvalue weighted by Gasteiger charge is 2.24. The number of benzene rings is 2. The van der Waals surface area contributed by atoms with E-state index in [9.17, 15) is 13.2 Å². The van der Waals surface area contributed by atoms with Gasteiger partial charge in [0.1, 0.15) is 5.82 Å². The lowest BCUT2D eigenvalue weighted by molar-refractivity contribution is 0.0994. The Labute approximate surface area is 168 Å². The molecule has 9 heteroatoms. The Hall–Kier alpha value is -3.46. The Morgan fingerprint density at radius 1 is 1.03 bits per heavy atom. The summed E-state index contributed by atoms with van der Waals surface area (Å²) in [4.78, 5) is 23.4. The van der Waals surface area contributed by atoms with Crippen molar-refractivity contribution in [3.05, 3.63) is 65.9 Å². The molecular formula is C20H19N5O3S. The number of hydrogen-bond acceptors (Lipinski definition) is 7. The number of Topliss-reactive ketones (excluding diaryl/α,β-unsaturated/α-hetero) is 1. The van der Waals surface area contributed by atoms with Crippen molar-refractivity contribution in [2.24, 2.45) is 0 Å². The fourth-order valence-electron chi connectivity index (χ4n) is 3.22. The molecule has 1 aliphatic heterocycles. The van der Waals surface area contributed by atoms with E-state index in [4.69, 9.17) is 0 Å². The molecule has 0 unspecified atom stereocenters. The number of rotatable bonds is 4. The molecule has 29 heavy (non-hydrogen) atoms. The van der Waals surface area contributed by atoms with Gasteiger partial charge in [-0.1, -0.05) is 12.1 Å². The van der Waals surface area contributed by atoms with Crippen molar-refractivity contribution >= 4 is 44.6 Å². The standard InChI is InChI=1S/C20H19N5O3S/c1-25-17-6-4-3-5-16(17)18(26)11-13-12-21-20(23-19(13)25)22-14-7-9-15(10-8-14)24-29(2,27)28/h3-10,12,24H,11H2,1-2H3,(H,21,22,23). The Kier molecular flexibility index (Phi) is 4.67. The topological polar surface area (TPSA) is 104 Å². The Morgan fingerprint density at radius 2 is 1.72 bits per heavy atom. The molecule has 0 amide bonds. The summed E-state index contributed by atoms with van der Waals surface area (Å²) in [6.45, 7) is 0. The van der Waals surface area contributed by atoms with Gasteiger partial charge in [0.2, 0.25) is 16.0 Å². The number of carbonyl (C=O) groups excluding carboxylic acids is 1. The van der Waals surface area contributed by atoms with Crippen LogP contribution in [0.2, 0.25) is 0 Å². The summed E-state index contributed by atoms with van der Waals surface area (Å²) in [5, 5.41) is 3.11. The van der Waals surface area contributed by atoms with Gasteiger partial charge in [-0.25, -0.2) is 13.4 Å². The maximum atomic E-state index is 12.6. The van der Waals surface area contributed by atoms with Crippen LogP contribution in [0.1, 0.15) is 15.9 Å². The number of hydrogen-bond donors (Lipinski definition) is 2. The van der Waals surface area contributed by atoms with Crippen LogP contribution in [0.5, 0.6) is 0 Å². The van der Waals surface area contributed by atoms with E-state index in [2.05, 4.69) is 20.0 Å². The van der Waals surface area contributed by atoms with Crippen molar-refractivity contribution in [2.75, 3.05) is 28.2 Å². The number of aromatic nitrogens is 2. The SMILES string of the molecule is CN1c2ccccc2C(=O)Cc2cnc(Nc3ccc(NS(C)(=O)=O)cc3)nc21.